The number of amides is 1. The van der Waals surface area contributed by atoms with Crippen LogP contribution in [0.4, 0.5) is 5.13 Å². The predicted octanol–water partition coefficient (Wildman–Crippen LogP) is 3.81. The lowest BCUT2D eigenvalue weighted by molar-refractivity contribution is 0.102. The summed E-state index contributed by atoms with van der Waals surface area (Å²) in [6.45, 7) is 2.01. The number of thiazole rings is 1. The summed E-state index contributed by atoms with van der Waals surface area (Å²) in [6, 6.07) is 13.9. The maximum Gasteiger partial charge on any atom is 0.257 e. The Hall–Kier alpha value is -2.55. The van der Waals surface area contributed by atoms with Crippen LogP contribution >= 0.6 is 11.3 Å². The van der Waals surface area contributed by atoms with Crippen molar-refractivity contribution in [1.29, 1.82) is 0 Å². The first-order chi connectivity index (χ1) is 13.4. The van der Waals surface area contributed by atoms with Gasteiger partial charge in [-0.1, -0.05) is 30.3 Å². The van der Waals surface area contributed by atoms with Crippen molar-refractivity contribution in [3.05, 3.63) is 65.0 Å². The van der Waals surface area contributed by atoms with E-state index in [1.807, 2.05) is 36.6 Å². The van der Waals surface area contributed by atoms with E-state index in [-0.39, 0.29) is 16.5 Å². The molecule has 2 N–H and O–H groups in total. The molecule has 3 aromatic rings. The quantitative estimate of drug-likeness (QED) is 0.643. The average molecular weight is 414 g/mol. The number of aryl methyl sites for hydroxylation is 1. The number of carbonyl (C=O) groups is 1. The van der Waals surface area contributed by atoms with Gasteiger partial charge in [0.15, 0.2) is 5.13 Å². The largest absolute Gasteiger partial charge is 0.298 e. The highest BCUT2D eigenvalue weighted by atomic mass is 32.2. The molecule has 1 aromatic heterocycles. The molecular weight excluding hydrogens is 394 g/mol. The first-order valence-corrected chi connectivity index (χ1v) is 11.2. The summed E-state index contributed by atoms with van der Waals surface area (Å²) in [6.07, 6.45) is 1.71. The highest BCUT2D eigenvalue weighted by Crippen LogP contribution is 2.28. The Kier molecular flexibility index (Phi) is 5.01. The van der Waals surface area contributed by atoms with E-state index in [4.69, 9.17) is 0 Å². The molecule has 0 bridgehead atoms. The van der Waals surface area contributed by atoms with Gasteiger partial charge in [-0.2, -0.15) is 0 Å². The van der Waals surface area contributed by atoms with Crippen LogP contribution in [0.2, 0.25) is 0 Å². The lowest BCUT2D eigenvalue weighted by atomic mass is 10.1. The summed E-state index contributed by atoms with van der Waals surface area (Å²) in [7, 11) is -3.61. The smallest absolute Gasteiger partial charge is 0.257 e. The van der Waals surface area contributed by atoms with Gasteiger partial charge in [-0.25, -0.2) is 18.1 Å². The average Bonchev–Trinajstić information content (AvgIpc) is 3.36. The molecule has 28 heavy (non-hydrogen) atoms. The maximum atomic E-state index is 12.6. The SMILES string of the molecule is Cc1ccccc1-c1csc(NC(=O)c2cccc(S(=O)(=O)NC3CC3)c2)n1. The fourth-order valence-corrected chi connectivity index (χ4v) is 4.83. The second-order valence-corrected chi connectivity index (χ2v) is 9.30. The summed E-state index contributed by atoms with van der Waals surface area (Å²) in [5.74, 6) is -0.394. The van der Waals surface area contributed by atoms with Gasteiger partial charge in [-0.05, 0) is 43.5 Å². The van der Waals surface area contributed by atoms with Crippen LogP contribution in [0.3, 0.4) is 0 Å². The van der Waals surface area contributed by atoms with Gasteiger partial charge in [0, 0.05) is 22.5 Å². The van der Waals surface area contributed by atoms with E-state index >= 15 is 0 Å². The Balaban J connectivity index is 1.51. The van der Waals surface area contributed by atoms with Crippen molar-refractivity contribution in [2.24, 2.45) is 0 Å². The Morgan fingerprint density at radius 3 is 2.68 bits per heavy atom. The zero-order valence-corrected chi connectivity index (χ0v) is 16.8. The molecule has 4 rings (SSSR count). The van der Waals surface area contributed by atoms with Crippen molar-refractivity contribution in [2.75, 3.05) is 5.32 Å². The van der Waals surface area contributed by atoms with Crippen molar-refractivity contribution in [2.45, 2.75) is 30.7 Å². The van der Waals surface area contributed by atoms with Gasteiger partial charge in [-0.3, -0.25) is 10.1 Å². The molecule has 0 atom stereocenters. The number of anilines is 1. The standard InChI is InChI=1S/C20H19N3O3S2/c1-13-5-2-3-8-17(13)18-12-27-20(21-18)22-19(24)14-6-4-7-16(11-14)28(25,26)23-15-9-10-15/h2-8,11-12,15,23H,9-10H2,1H3,(H,21,22,24). The van der Waals surface area contributed by atoms with Crippen molar-refractivity contribution in [3.8, 4) is 11.3 Å². The van der Waals surface area contributed by atoms with Crippen LogP contribution in [-0.4, -0.2) is 25.4 Å². The van der Waals surface area contributed by atoms with Crippen LogP contribution in [0, 0.1) is 6.92 Å². The number of hydrogen-bond acceptors (Lipinski definition) is 5. The van der Waals surface area contributed by atoms with Crippen LogP contribution in [0.15, 0.2) is 58.8 Å². The van der Waals surface area contributed by atoms with Gasteiger partial charge < -0.3 is 0 Å². The lowest BCUT2D eigenvalue weighted by Gasteiger charge is -2.07. The molecule has 1 saturated carbocycles. The minimum Gasteiger partial charge on any atom is -0.298 e. The number of benzene rings is 2. The lowest BCUT2D eigenvalue weighted by Crippen LogP contribution is -2.26. The second kappa shape index (κ2) is 7.46. The molecule has 0 unspecified atom stereocenters. The molecule has 1 aliphatic rings. The number of nitrogens with zero attached hydrogens (tertiary/aromatic N) is 1. The molecule has 0 aliphatic heterocycles. The molecule has 8 heteroatoms. The maximum absolute atomic E-state index is 12.6. The first kappa shape index (κ1) is 18.8. The van der Waals surface area contributed by atoms with Crippen LogP contribution in [-0.2, 0) is 10.0 Å². The fourth-order valence-electron chi connectivity index (χ4n) is 2.78. The third-order valence-corrected chi connectivity index (χ3v) is 6.73. The van der Waals surface area contributed by atoms with Crippen molar-refractivity contribution < 1.29 is 13.2 Å². The number of carbonyl (C=O) groups excluding carboxylic acids is 1. The molecule has 1 aliphatic carbocycles. The summed E-state index contributed by atoms with van der Waals surface area (Å²) in [5, 5.41) is 5.11. The molecule has 1 fully saturated rings. The zero-order chi connectivity index (χ0) is 19.7. The van der Waals surface area contributed by atoms with E-state index in [1.54, 1.807) is 12.1 Å². The summed E-state index contributed by atoms with van der Waals surface area (Å²) < 4.78 is 27.3. The normalized spacial score (nSPS) is 14.0. The number of rotatable bonds is 6. The fraction of sp³-hybridized carbons (Fsp3) is 0.200. The molecule has 1 heterocycles. The minimum atomic E-state index is -3.61. The van der Waals surface area contributed by atoms with Gasteiger partial charge in [0.1, 0.15) is 0 Å². The Morgan fingerprint density at radius 1 is 1.14 bits per heavy atom. The molecule has 0 radical (unpaired) electrons. The monoisotopic (exact) mass is 413 g/mol. The third kappa shape index (κ3) is 4.14. The number of hydrogen-bond donors (Lipinski definition) is 2. The molecule has 1 amide bonds. The van der Waals surface area contributed by atoms with Gasteiger partial charge in [0.05, 0.1) is 10.6 Å². The molecule has 144 valence electrons. The van der Waals surface area contributed by atoms with E-state index in [0.717, 1.165) is 29.7 Å². The number of nitrogens with one attached hydrogen (secondary N) is 2. The van der Waals surface area contributed by atoms with Gasteiger partial charge in [0.25, 0.3) is 5.91 Å². The summed E-state index contributed by atoms with van der Waals surface area (Å²) in [4.78, 5) is 17.2. The number of aromatic nitrogens is 1. The topological polar surface area (TPSA) is 88.2 Å². The first-order valence-electron chi connectivity index (χ1n) is 8.88. The highest BCUT2D eigenvalue weighted by Gasteiger charge is 2.28. The molecule has 0 spiro atoms. The van der Waals surface area contributed by atoms with E-state index in [9.17, 15) is 13.2 Å². The van der Waals surface area contributed by atoms with E-state index in [2.05, 4.69) is 15.0 Å². The predicted molar refractivity (Wildman–Crippen MR) is 110 cm³/mol. The van der Waals surface area contributed by atoms with Crippen molar-refractivity contribution in [3.63, 3.8) is 0 Å². The molecule has 6 nitrogen and oxygen atoms in total. The third-order valence-electron chi connectivity index (χ3n) is 4.45. The summed E-state index contributed by atoms with van der Waals surface area (Å²) in [5.41, 5.74) is 3.18. The van der Waals surface area contributed by atoms with Gasteiger partial charge >= 0.3 is 0 Å². The number of sulfonamides is 1. The Labute approximate surface area is 167 Å². The Bertz CT molecular complexity index is 1130. The minimum absolute atomic E-state index is 0.0117. The highest BCUT2D eigenvalue weighted by molar-refractivity contribution is 7.89. The molecule has 0 saturated heterocycles. The van der Waals surface area contributed by atoms with Crippen molar-refractivity contribution >= 4 is 32.4 Å². The summed E-state index contributed by atoms with van der Waals surface area (Å²) >= 11 is 1.33. The van der Waals surface area contributed by atoms with Crippen molar-refractivity contribution in [1.82, 2.24) is 9.71 Å². The van der Waals surface area contributed by atoms with E-state index < -0.39 is 15.9 Å². The van der Waals surface area contributed by atoms with Crippen LogP contribution in [0.1, 0.15) is 28.8 Å². The van der Waals surface area contributed by atoms with Crippen LogP contribution < -0.4 is 10.0 Å². The van der Waals surface area contributed by atoms with Gasteiger partial charge in [0.2, 0.25) is 10.0 Å². The molecule has 2 aromatic carbocycles. The Morgan fingerprint density at radius 2 is 1.93 bits per heavy atom. The van der Waals surface area contributed by atoms with Gasteiger partial charge in [-0.15, -0.1) is 11.3 Å². The van der Waals surface area contributed by atoms with E-state index in [0.29, 0.717) is 5.13 Å². The van der Waals surface area contributed by atoms with Crippen LogP contribution in [0.25, 0.3) is 11.3 Å². The van der Waals surface area contributed by atoms with Crippen LogP contribution in [0.5, 0.6) is 0 Å². The van der Waals surface area contributed by atoms with E-state index in [1.165, 1.54) is 23.5 Å². The molecular formula is C20H19N3O3S2. The zero-order valence-electron chi connectivity index (χ0n) is 15.2. The second-order valence-electron chi connectivity index (χ2n) is 6.73.